The van der Waals surface area contributed by atoms with Crippen LogP contribution in [0.1, 0.15) is 43.4 Å². The van der Waals surface area contributed by atoms with Crippen LogP contribution in [0.5, 0.6) is 0 Å². The molecule has 0 radical (unpaired) electrons. The van der Waals surface area contributed by atoms with Gasteiger partial charge in [0, 0.05) is 41.8 Å². The van der Waals surface area contributed by atoms with Gasteiger partial charge in [-0.05, 0) is 70.9 Å². The minimum absolute atomic E-state index is 0.534. The minimum Gasteiger partial charge on any atom is -0.350 e. The predicted molar refractivity (Wildman–Crippen MR) is 89.2 cm³/mol. The summed E-state index contributed by atoms with van der Waals surface area (Å²) < 4.78 is 3.29. The summed E-state index contributed by atoms with van der Waals surface area (Å²) in [5, 5.41) is 3.70. The fraction of sp³-hybridized carbons (Fsp3) is 0.471. The standard InChI is InChI=1S/C17H22BrN3/c1-2-6-20-17(14-3-4-14)15-5-7-21(12-15)11-13-8-16(18)10-19-9-13/h5,7-10,12,14,17,20H,2-4,6,11H2,1H3. The second kappa shape index (κ2) is 6.75. The van der Waals surface area contributed by atoms with Gasteiger partial charge in [0.05, 0.1) is 0 Å². The molecule has 1 N–H and O–H groups in total. The average molecular weight is 348 g/mol. The van der Waals surface area contributed by atoms with Crippen molar-refractivity contribution in [1.82, 2.24) is 14.9 Å². The lowest BCUT2D eigenvalue weighted by Gasteiger charge is -2.16. The van der Waals surface area contributed by atoms with Gasteiger partial charge >= 0.3 is 0 Å². The van der Waals surface area contributed by atoms with Crippen molar-refractivity contribution >= 4 is 15.9 Å². The van der Waals surface area contributed by atoms with E-state index in [4.69, 9.17) is 0 Å². The topological polar surface area (TPSA) is 29.9 Å². The Morgan fingerprint density at radius 2 is 2.29 bits per heavy atom. The van der Waals surface area contributed by atoms with Gasteiger partial charge in [-0.3, -0.25) is 4.98 Å². The molecule has 0 saturated heterocycles. The maximum Gasteiger partial charge on any atom is 0.0485 e. The molecule has 0 bridgehead atoms. The molecular formula is C17H22BrN3. The molecule has 1 atom stereocenters. The Kier molecular flexibility index (Phi) is 4.76. The maximum absolute atomic E-state index is 4.23. The van der Waals surface area contributed by atoms with Gasteiger partial charge in [-0.15, -0.1) is 0 Å². The van der Waals surface area contributed by atoms with Crippen molar-refractivity contribution in [3.63, 3.8) is 0 Å². The van der Waals surface area contributed by atoms with Gasteiger partial charge in [0.25, 0.3) is 0 Å². The SMILES string of the molecule is CCCNC(c1ccn(Cc2cncc(Br)c2)c1)C1CC1. The Morgan fingerprint density at radius 3 is 3.00 bits per heavy atom. The van der Waals surface area contributed by atoms with Gasteiger partial charge in [-0.25, -0.2) is 0 Å². The number of nitrogens with zero attached hydrogens (tertiary/aromatic N) is 2. The van der Waals surface area contributed by atoms with Crippen molar-refractivity contribution in [2.45, 2.75) is 38.8 Å². The summed E-state index contributed by atoms with van der Waals surface area (Å²) in [4.78, 5) is 4.23. The third kappa shape index (κ3) is 3.95. The van der Waals surface area contributed by atoms with E-state index < -0.39 is 0 Å². The zero-order chi connectivity index (χ0) is 14.7. The quantitative estimate of drug-likeness (QED) is 0.815. The predicted octanol–water partition coefficient (Wildman–Crippen LogP) is 4.14. The zero-order valence-electron chi connectivity index (χ0n) is 12.4. The smallest absolute Gasteiger partial charge is 0.0485 e. The second-order valence-corrected chi connectivity index (χ2v) is 6.81. The van der Waals surface area contributed by atoms with Crippen LogP contribution in [-0.4, -0.2) is 16.1 Å². The number of pyridine rings is 1. The molecule has 21 heavy (non-hydrogen) atoms. The molecule has 1 unspecified atom stereocenters. The monoisotopic (exact) mass is 347 g/mol. The number of nitrogens with one attached hydrogen (secondary N) is 1. The first-order valence-corrected chi connectivity index (χ1v) is 8.54. The summed E-state index contributed by atoms with van der Waals surface area (Å²) in [5.74, 6) is 0.833. The first-order chi connectivity index (χ1) is 10.3. The summed E-state index contributed by atoms with van der Waals surface area (Å²) in [5.41, 5.74) is 2.64. The highest BCUT2D eigenvalue weighted by Crippen LogP contribution is 2.41. The van der Waals surface area contributed by atoms with Crippen LogP contribution in [0.15, 0.2) is 41.4 Å². The van der Waals surface area contributed by atoms with Crippen LogP contribution in [0.2, 0.25) is 0 Å². The summed E-state index contributed by atoms with van der Waals surface area (Å²) in [6.45, 7) is 4.20. The minimum atomic E-state index is 0.534. The number of hydrogen-bond donors (Lipinski definition) is 1. The van der Waals surface area contributed by atoms with Crippen LogP contribution in [0, 0.1) is 5.92 Å². The molecule has 2 aromatic heterocycles. The average Bonchev–Trinajstić information content (AvgIpc) is 3.20. The fourth-order valence-corrected chi connectivity index (χ4v) is 3.19. The second-order valence-electron chi connectivity index (χ2n) is 5.90. The molecule has 3 nitrogen and oxygen atoms in total. The molecule has 0 aliphatic heterocycles. The Morgan fingerprint density at radius 1 is 1.43 bits per heavy atom. The van der Waals surface area contributed by atoms with Gasteiger partial charge < -0.3 is 9.88 Å². The molecule has 1 fully saturated rings. The Balaban J connectivity index is 1.70. The van der Waals surface area contributed by atoms with Crippen molar-refractivity contribution in [2.24, 2.45) is 5.92 Å². The Labute approximate surface area is 134 Å². The molecule has 1 saturated carbocycles. The largest absolute Gasteiger partial charge is 0.350 e. The Bertz CT molecular complexity index is 589. The van der Waals surface area contributed by atoms with E-state index in [1.807, 2.05) is 12.4 Å². The number of halogens is 1. The molecule has 0 spiro atoms. The molecule has 3 rings (SSSR count). The summed E-state index contributed by atoms with van der Waals surface area (Å²) >= 11 is 3.48. The number of aromatic nitrogens is 2. The van der Waals surface area contributed by atoms with Crippen LogP contribution in [-0.2, 0) is 6.54 Å². The van der Waals surface area contributed by atoms with Crippen molar-refractivity contribution in [3.8, 4) is 0 Å². The third-order valence-electron chi connectivity index (χ3n) is 3.97. The van der Waals surface area contributed by atoms with E-state index in [-0.39, 0.29) is 0 Å². The molecular weight excluding hydrogens is 326 g/mol. The van der Waals surface area contributed by atoms with E-state index in [9.17, 15) is 0 Å². The summed E-state index contributed by atoms with van der Waals surface area (Å²) in [6, 6.07) is 4.92. The molecule has 2 aromatic rings. The van der Waals surface area contributed by atoms with Crippen LogP contribution in [0.3, 0.4) is 0 Å². The number of hydrogen-bond acceptors (Lipinski definition) is 2. The molecule has 112 valence electrons. The van der Waals surface area contributed by atoms with Crippen molar-refractivity contribution < 1.29 is 0 Å². The molecule has 4 heteroatoms. The van der Waals surface area contributed by atoms with E-state index in [1.165, 1.54) is 30.4 Å². The lowest BCUT2D eigenvalue weighted by atomic mass is 10.1. The molecule has 0 amide bonds. The van der Waals surface area contributed by atoms with Gasteiger partial charge in [0.2, 0.25) is 0 Å². The maximum atomic E-state index is 4.23. The zero-order valence-corrected chi connectivity index (χ0v) is 14.0. The number of rotatable bonds is 7. The van der Waals surface area contributed by atoms with Crippen LogP contribution in [0.25, 0.3) is 0 Å². The van der Waals surface area contributed by atoms with Crippen LogP contribution < -0.4 is 5.32 Å². The van der Waals surface area contributed by atoms with Gasteiger partial charge in [0.15, 0.2) is 0 Å². The molecule has 0 aromatic carbocycles. The van der Waals surface area contributed by atoms with Gasteiger partial charge in [-0.1, -0.05) is 6.92 Å². The van der Waals surface area contributed by atoms with E-state index >= 15 is 0 Å². The first-order valence-electron chi connectivity index (χ1n) is 7.74. The highest BCUT2D eigenvalue weighted by molar-refractivity contribution is 9.10. The highest BCUT2D eigenvalue weighted by atomic mass is 79.9. The lowest BCUT2D eigenvalue weighted by Crippen LogP contribution is -2.23. The van der Waals surface area contributed by atoms with Gasteiger partial charge in [-0.2, -0.15) is 0 Å². The highest BCUT2D eigenvalue weighted by Gasteiger charge is 2.32. The lowest BCUT2D eigenvalue weighted by molar-refractivity contribution is 0.480. The normalized spacial score (nSPS) is 16.1. The third-order valence-corrected chi connectivity index (χ3v) is 4.40. The van der Waals surface area contributed by atoms with E-state index in [2.05, 4.69) is 62.2 Å². The van der Waals surface area contributed by atoms with Gasteiger partial charge in [0.1, 0.15) is 0 Å². The van der Waals surface area contributed by atoms with Crippen LogP contribution in [0.4, 0.5) is 0 Å². The van der Waals surface area contributed by atoms with Crippen molar-refractivity contribution in [2.75, 3.05) is 6.54 Å². The molecule has 1 aliphatic rings. The van der Waals surface area contributed by atoms with E-state index in [0.29, 0.717) is 6.04 Å². The summed E-state index contributed by atoms with van der Waals surface area (Å²) in [6.07, 6.45) is 12.1. The van der Waals surface area contributed by atoms with E-state index in [0.717, 1.165) is 23.5 Å². The molecule has 1 aliphatic carbocycles. The van der Waals surface area contributed by atoms with E-state index in [1.54, 1.807) is 0 Å². The molecule has 2 heterocycles. The Hall–Kier alpha value is -1.13. The van der Waals surface area contributed by atoms with Crippen LogP contribution >= 0.6 is 15.9 Å². The van der Waals surface area contributed by atoms with Crippen molar-refractivity contribution in [1.29, 1.82) is 0 Å². The van der Waals surface area contributed by atoms with Crippen molar-refractivity contribution in [3.05, 3.63) is 52.5 Å². The summed E-state index contributed by atoms with van der Waals surface area (Å²) in [7, 11) is 0. The first kappa shape index (κ1) is 14.8. The fourth-order valence-electron chi connectivity index (χ4n) is 2.78.